The number of esters is 1. The summed E-state index contributed by atoms with van der Waals surface area (Å²) in [4.78, 5) is 25.1. The Labute approximate surface area is 136 Å². The largest absolute Gasteiger partial charge is 0.497 e. The van der Waals surface area contributed by atoms with E-state index in [2.05, 4.69) is 10.1 Å². The highest BCUT2D eigenvalue weighted by Gasteiger charge is 2.23. The number of likely N-dealkylation sites (tertiary alicyclic amines) is 1. The molecule has 1 aromatic rings. The maximum atomic E-state index is 12.2. The minimum Gasteiger partial charge on any atom is -0.497 e. The summed E-state index contributed by atoms with van der Waals surface area (Å²) in [5, 5.41) is 3.45. The van der Waals surface area contributed by atoms with Gasteiger partial charge >= 0.3 is 5.97 Å². The minimum absolute atomic E-state index is 0.0108. The van der Waals surface area contributed by atoms with E-state index in [9.17, 15) is 9.59 Å². The second kappa shape index (κ2) is 8.41. The Balaban J connectivity index is 1.84. The van der Waals surface area contributed by atoms with E-state index in [-0.39, 0.29) is 30.8 Å². The number of methoxy groups -OCH3 is 2. The van der Waals surface area contributed by atoms with Crippen LogP contribution in [0.25, 0.3) is 0 Å². The van der Waals surface area contributed by atoms with E-state index in [1.165, 1.54) is 7.11 Å². The highest BCUT2D eigenvalue weighted by molar-refractivity contribution is 5.81. The normalized spacial score (nSPS) is 17.5. The number of nitrogens with one attached hydrogen (secondary N) is 1. The third kappa shape index (κ3) is 5.16. The molecule has 0 aliphatic carbocycles. The highest BCUT2D eigenvalue weighted by atomic mass is 16.5. The predicted octanol–water partition coefficient (Wildman–Crippen LogP) is 2.05. The van der Waals surface area contributed by atoms with Crippen molar-refractivity contribution < 1.29 is 19.1 Å². The van der Waals surface area contributed by atoms with E-state index < -0.39 is 0 Å². The van der Waals surface area contributed by atoms with Crippen molar-refractivity contribution in [2.24, 2.45) is 0 Å². The van der Waals surface area contributed by atoms with E-state index in [0.29, 0.717) is 6.54 Å². The second-order valence-electron chi connectivity index (χ2n) is 5.63. The molecule has 0 aromatic heterocycles. The van der Waals surface area contributed by atoms with Crippen molar-refractivity contribution in [3.63, 3.8) is 0 Å². The number of carbonyl (C=O) groups is 2. The Morgan fingerprint density at radius 2 is 1.96 bits per heavy atom. The van der Waals surface area contributed by atoms with Crippen molar-refractivity contribution in [2.75, 3.05) is 32.6 Å². The number of hydrogen-bond acceptors (Lipinski definition) is 5. The fourth-order valence-corrected chi connectivity index (χ4v) is 2.71. The number of nitrogens with zero attached hydrogens (tertiary/aromatic N) is 1. The van der Waals surface area contributed by atoms with Crippen LogP contribution in [0.2, 0.25) is 0 Å². The molecule has 0 bridgehead atoms. The number of ether oxygens (including phenoxy) is 2. The molecule has 1 aliphatic heterocycles. The van der Waals surface area contributed by atoms with Crippen LogP contribution in [0.5, 0.6) is 5.75 Å². The molecule has 0 unspecified atom stereocenters. The van der Waals surface area contributed by atoms with Gasteiger partial charge < -0.3 is 19.7 Å². The number of carbonyl (C=O) groups excluding carboxylic acids is 2. The number of amides is 1. The maximum Gasteiger partial charge on any atom is 0.306 e. The summed E-state index contributed by atoms with van der Waals surface area (Å²) in [5.74, 6) is 0.485. The fraction of sp³-hybridized carbons (Fsp3) is 0.529. The first kappa shape index (κ1) is 17.1. The van der Waals surface area contributed by atoms with Gasteiger partial charge in [-0.1, -0.05) is 0 Å². The molecule has 23 heavy (non-hydrogen) atoms. The zero-order valence-electron chi connectivity index (χ0n) is 13.7. The lowest BCUT2D eigenvalue weighted by molar-refractivity contribution is -0.143. The number of anilines is 1. The monoisotopic (exact) mass is 320 g/mol. The molecule has 6 heteroatoms. The van der Waals surface area contributed by atoms with Crippen molar-refractivity contribution >= 4 is 17.6 Å². The standard InChI is InChI=1S/C17H24N2O4/c1-22-15-7-5-13(6-8-15)18-14-4-3-11-19(12-14)16(20)9-10-17(21)23-2/h5-8,14,18H,3-4,9-12H2,1-2H3/t14-/m1/s1. The average Bonchev–Trinajstić information content (AvgIpc) is 2.60. The summed E-state index contributed by atoms with van der Waals surface area (Å²) in [6.45, 7) is 1.41. The molecule has 2 rings (SSSR count). The van der Waals surface area contributed by atoms with Crippen LogP contribution in [-0.4, -0.2) is 50.1 Å². The summed E-state index contributed by atoms with van der Waals surface area (Å²) in [6.07, 6.45) is 2.33. The third-order valence-electron chi connectivity index (χ3n) is 4.01. The summed E-state index contributed by atoms with van der Waals surface area (Å²) in [7, 11) is 2.98. The topological polar surface area (TPSA) is 67.9 Å². The number of benzene rings is 1. The van der Waals surface area contributed by atoms with Crippen molar-refractivity contribution in [1.29, 1.82) is 0 Å². The van der Waals surface area contributed by atoms with Gasteiger partial charge in [0, 0.05) is 31.2 Å². The smallest absolute Gasteiger partial charge is 0.306 e. The molecule has 0 radical (unpaired) electrons. The molecular weight excluding hydrogens is 296 g/mol. The predicted molar refractivity (Wildman–Crippen MR) is 87.5 cm³/mol. The van der Waals surface area contributed by atoms with Gasteiger partial charge in [0.25, 0.3) is 0 Å². The molecule has 1 saturated heterocycles. The molecule has 1 amide bonds. The molecular formula is C17H24N2O4. The third-order valence-corrected chi connectivity index (χ3v) is 4.01. The number of rotatable bonds is 6. The minimum atomic E-state index is -0.344. The van der Waals surface area contributed by atoms with Crippen LogP contribution in [-0.2, 0) is 14.3 Å². The summed E-state index contributed by atoms with van der Waals surface area (Å²) >= 11 is 0. The lowest BCUT2D eigenvalue weighted by Gasteiger charge is -2.33. The van der Waals surface area contributed by atoms with Crippen LogP contribution >= 0.6 is 0 Å². The second-order valence-corrected chi connectivity index (χ2v) is 5.63. The van der Waals surface area contributed by atoms with Gasteiger partial charge in [-0.15, -0.1) is 0 Å². The van der Waals surface area contributed by atoms with Crippen molar-refractivity contribution in [3.8, 4) is 5.75 Å². The molecule has 1 N–H and O–H groups in total. The van der Waals surface area contributed by atoms with Gasteiger partial charge in [0.2, 0.25) is 5.91 Å². The molecule has 0 saturated carbocycles. The van der Waals surface area contributed by atoms with Gasteiger partial charge in [0.15, 0.2) is 0 Å². The first-order valence-electron chi connectivity index (χ1n) is 7.87. The molecule has 1 atom stereocenters. The van der Waals surface area contributed by atoms with Gasteiger partial charge in [0.05, 0.1) is 20.6 Å². The van der Waals surface area contributed by atoms with Crippen molar-refractivity contribution in [1.82, 2.24) is 4.90 Å². The van der Waals surface area contributed by atoms with Crippen LogP contribution in [0.15, 0.2) is 24.3 Å². The van der Waals surface area contributed by atoms with Crippen molar-refractivity contribution in [3.05, 3.63) is 24.3 Å². The lowest BCUT2D eigenvalue weighted by Crippen LogP contribution is -2.45. The van der Waals surface area contributed by atoms with Crippen LogP contribution in [0.4, 0.5) is 5.69 Å². The van der Waals surface area contributed by atoms with E-state index in [1.54, 1.807) is 7.11 Å². The maximum absolute atomic E-state index is 12.2. The lowest BCUT2D eigenvalue weighted by atomic mass is 10.0. The van der Waals surface area contributed by atoms with Crippen LogP contribution in [0.3, 0.4) is 0 Å². The molecule has 1 aliphatic rings. The van der Waals surface area contributed by atoms with Crippen LogP contribution in [0, 0.1) is 0 Å². The van der Waals surface area contributed by atoms with Gasteiger partial charge in [-0.05, 0) is 37.1 Å². The number of hydrogen-bond donors (Lipinski definition) is 1. The summed E-state index contributed by atoms with van der Waals surface area (Å²) < 4.78 is 9.72. The Hall–Kier alpha value is -2.24. The summed E-state index contributed by atoms with van der Waals surface area (Å²) in [6, 6.07) is 7.97. The van der Waals surface area contributed by atoms with Gasteiger partial charge in [-0.25, -0.2) is 0 Å². The van der Waals surface area contributed by atoms with E-state index in [4.69, 9.17) is 4.74 Å². The Morgan fingerprint density at radius 1 is 1.22 bits per heavy atom. The molecule has 1 fully saturated rings. The molecule has 0 spiro atoms. The van der Waals surface area contributed by atoms with Gasteiger partial charge in [-0.2, -0.15) is 0 Å². The van der Waals surface area contributed by atoms with Crippen molar-refractivity contribution in [2.45, 2.75) is 31.7 Å². The Kier molecular flexibility index (Phi) is 6.26. The van der Waals surface area contributed by atoms with Gasteiger partial charge in [0.1, 0.15) is 5.75 Å². The zero-order chi connectivity index (χ0) is 16.7. The zero-order valence-corrected chi connectivity index (χ0v) is 13.7. The van der Waals surface area contributed by atoms with Crippen LogP contribution in [0.1, 0.15) is 25.7 Å². The van der Waals surface area contributed by atoms with E-state index >= 15 is 0 Å². The fourth-order valence-electron chi connectivity index (χ4n) is 2.71. The summed E-state index contributed by atoms with van der Waals surface area (Å²) in [5.41, 5.74) is 1.01. The van der Waals surface area contributed by atoms with E-state index in [0.717, 1.165) is 30.8 Å². The highest BCUT2D eigenvalue weighted by Crippen LogP contribution is 2.19. The molecule has 1 heterocycles. The van der Waals surface area contributed by atoms with Crippen LogP contribution < -0.4 is 10.1 Å². The molecule has 6 nitrogen and oxygen atoms in total. The number of piperidine rings is 1. The first-order chi connectivity index (χ1) is 11.1. The SMILES string of the molecule is COC(=O)CCC(=O)N1CCC[C@@H](Nc2ccc(OC)cc2)C1. The Bertz CT molecular complexity index is 530. The van der Waals surface area contributed by atoms with E-state index in [1.807, 2.05) is 29.2 Å². The molecule has 126 valence electrons. The quantitative estimate of drug-likeness (QED) is 0.813. The Morgan fingerprint density at radius 3 is 2.61 bits per heavy atom. The molecule has 1 aromatic carbocycles. The first-order valence-corrected chi connectivity index (χ1v) is 7.87. The average molecular weight is 320 g/mol. The van der Waals surface area contributed by atoms with Gasteiger partial charge in [-0.3, -0.25) is 9.59 Å².